The Morgan fingerprint density at radius 2 is 1.67 bits per heavy atom. The van der Waals surface area contributed by atoms with Gasteiger partial charge in [0.2, 0.25) is 0 Å². The molecule has 4 aromatic rings. The van der Waals surface area contributed by atoms with Crippen molar-refractivity contribution in [2.45, 2.75) is 4.90 Å². The van der Waals surface area contributed by atoms with Gasteiger partial charge in [-0.25, -0.2) is 17.4 Å². The van der Waals surface area contributed by atoms with E-state index >= 15 is 0 Å². The second kappa shape index (κ2) is 6.64. The van der Waals surface area contributed by atoms with Gasteiger partial charge >= 0.3 is 0 Å². The molecule has 0 saturated heterocycles. The van der Waals surface area contributed by atoms with Crippen LogP contribution in [0.3, 0.4) is 0 Å². The fourth-order valence-corrected chi connectivity index (χ4v) is 4.62. The van der Waals surface area contributed by atoms with E-state index in [0.29, 0.717) is 27.2 Å². The second-order valence-corrected chi connectivity index (χ2v) is 8.08. The van der Waals surface area contributed by atoms with Gasteiger partial charge in [0.1, 0.15) is 6.29 Å². The summed E-state index contributed by atoms with van der Waals surface area (Å²) >= 11 is 6.28. The zero-order valence-electron chi connectivity index (χ0n) is 13.9. The van der Waals surface area contributed by atoms with Crippen LogP contribution in [-0.2, 0) is 10.0 Å². The first kappa shape index (κ1) is 17.5. The van der Waals surface area contributed by atoms with Crippen LogP contribution in [0.25, 0.3) is 22.3 Å². The first-order valence-corrected chi connectivity index (χ1v) is 9.86. The van der Waals surface area contributed by atoms with Crippen LogP contribution in [0.1, 0.15) is 10.4 Å². The fourth-order valence-electron chi connectivity index (χ4n) is 2.92. The molecule has 0 unspecified atom stereocenters. The minimum absolute atomic E-state index is 0.148. The van der Waals surface area contributed by atoms with Crippen LogP contribution in [0.5, 0.6) is 0 Å². The van der Waals surface area contributed by atoms with Crippen molar-refractivity contribution in [3.05, 3.63) is 83.5 Å². The maximum Gasteiger partial charge on any atom is 0.269 e. The lowest BCUT2D eigenvalue weighted by molar-refractivity contribution is 0.112. The number of fused-ring (bicyclic) bond motifs is 1. The van der Waals surface area contributed by atoms with Crippen molar-refractivity contribution in [2.75, 3.05) is 0 Å². The van der Waals surface area contributed by atoms with E-state index in [4.69, 9.17) is 11.6 Å². The first-order valence-electron chi connectivity index (χ1n) is 8.04. The molecule has 0 aliphatic rings. The van der Waals surface area contributed by atoms with Crippen molar-refractivity contribution < 1.29 is 13.2 Å². The van der Waals surface area contributed by atoms with Gasteiger partial charge in [0.05, 0.1) is 15.6 Å². The predicted molar refractivity (Wildman–Crippen MR) is 105 cm³/mol. The zero-order valence-corrected chi connectivity index (χ0v) is 15.5. The van der Waals surface area contributed by atoms with E-state index in [1.807, 2.05) is 0 Å². The van der Waals surface area contributed by atoms with Crippen molar-refractivity contribution in [1.29, 1.82) is 0 Å². The minimum Gasteiger partial charge on any atom is -0.298 e. The van der Waals surface area contributed by atoms with Crippen LogP contribution >= 0.6 is 11.6 Å². The molecule has 7 heteroatoms. The molecule has 0 saturated carbocycles. The quantitative estimate of drug-likeness (QED) is 0.479. The molecule has 0 atom stereocenters. The van der Waals surface area contributed by atoms with E-state index in [-0.39, 0.29) is 10.5 Å². The maximum absolute atomic E-state index is 13.4. The van der Waals surface area contributed by atoms with Crippen LogP contribution in [0.4, 0.5) is 0 Å². The summed E-state index contributed by atoms with van der Waals surface area (Å²) in [7, 11) is -3.91. The zero-order chi connectivity index (χ0) is 19.0. The highest BCUT2D eigenvalue weighted by Crippen LogP contribution is 2.34. The highest BCUT2D eigenvalue weighted by molar-refractivity contribution is 7.90. The lowest BCUT2D eigenvalue weighted by atomic mass is 10.1. The highest BCUT2D eigenvalue weighted by Gasteiger charge is 2.25. The third-order valence-electron chi connectivity index (χ3n) is 4.23. The molecule has 5 nitrogen and oxygen atoms in total. The molecule has 0 spiro atoms. The van der Waals surface area contributed by atoms with Gasteiger partial charge in [-0.1, -0.05) is 54.1 Å². The molecular formula is C20H13ClN2O3S. The number of carbonyl (C=O) groups excluding carboxylic acids is 1. The summed E-state index contributed by atoms with van der Waals surface area (Å²) in [5.41, 5.74) is 1.81. The van der Waals surface area contributed by atoms with Crippen LogP contribution in [-0.4, -0.2) is 23.7 Å². The van der Waals surface area contributed by atoms with Crippen LogP contribution in [0.15, 0.2) is 77.8 Å². The molecule has 0 aliphatic heterocycles. The average molecular weight is 397 g/mol. The van der Waals surface area contributed by atoms with Gasteiger partial charge in [0.25, 0.3) is 10.0 Å². The van der Waals surface area contributed by atoms with Gasteiger partial charge in [-0.15, -0.1) is 0 Å². The van der Waals surface area contributed by atoms with Crippen molar-refractivity contribution in [3.63, 3.8) is 0 Å². The van der Waals surface area contributed by atoms with E-state index in [9.17, 15) is 13.2 Å². The third kappa shape index (κ3) is 2.93. The Labute approximate surface area is 160 Å². The fraction of sp³-hybridized carbons (Fsp3) is 0. The summed E-state index contributed by atoms with van der Waals surface area (Å²) in [5.74, 6) is 0. The lowest BCUT2D eigenvalue weighted by Crippen LogP contribution is -2.14. The predicted octanol–water partition coefficient (Wildman–Crippen LogP) is 4.41. The Kier molecular flexibility index (Phi) is 4.30. The van der Waals surface area contributed by atoms with Crippen LogP contribution in [0, 0.1) is 0 Å². The van der Waals surface area contributed by atoms with E-state index in [2.05, 4.69) is 4.98 Å². The summed E-state index contributed by atoms with van der Waals surface area (Å²) in [6.07, 6.45) is 2.21. The standard InChI is InChI=1S/C20H13ClN2O3S/c21-18-10-11-22-20-17(18)12-19(15-8-6-14(13-24)7-9-15)23(20)27(25,26)16-4-2-1-3-5-16/h1-13H. The number of aldehydes is 1. The van der Waals surface area contributed by atoms with Crippen molar-refractivity contribution in [2.24, 2.45) is 0 Å². The van der Waals surface area contributed by atoms with Crippen molar-refractivity contribution in [3.8, 4) is 11.3 Å². The van der Waals surface area contributed by atoms with E-state index in [1.54, 1.807) is 54.6 Å². The number of benzene rings is 2. The summed E-state index contributed by atoms with van der Waals surface area (Å²) in [4.78, 5) is 15.3. The minimum atomic E-state index is -3.91. The summed E-state index contributed by atoms with van der Waals surface area (Å²) < 4.78 is 27.9. The Hall–Kier alpha value is -2.96. The molecule has 2 heterocycles. The number of rotatable bonds is 4. The Morgan fingerprint density at radius 1 is 0.963 bits per heavy atom. The van der Waals surface area contributed by atoms with Crippen LogP contribution < -0.4 is 0 Å². The normalized spacial score (nSPS) is 11.6. The Morgan fingerprint density at radius 3 is 2.33 bits per heavy atom. The number of pyridine rings is 1. The molecule has 0 aliphatic carbocycles. The van der Waals surface area contributed by atoms with Crippen LogP contribution in [0.2, 0.25) is 5.02 Å². The largest absolute Gasteiger partial charge is 0.298 e. The third-order valence-corrected chi connectivity index (χ3v) is 6.28. The van der Waals surface area contributed by atoms with E-state index in [1.165, 1.54) is 22.3 Å². The van der Waals surface area contributed by atoms with Gasteiger partial charge in [-0.05, 0) is 29.8 Å². The number of nitrogens with zero attached hydrogens (tertiary/aromatic N) is 2. The molecule has 0 N–H and O–H groups in total. The Balaban J connectivity index is 2.06. The van der Waals surface area contributed by atoms with Gasteiger partial charge < -0.3 is 0 Å². The molecule has 2 aromatic carbocycles. The number of aromatic nitrogens is 2. The highest BCUT2D eigenvalue weighted by atomic mass is 35.5. The van der Waals surface area contributed by atoms with Crippen molar-refractivity contribution in [1.82, 2.24) is 8.96 Å². The molecule has 0 amide bonds. The number of hydrogen-bond donors (Lipinski definition) is 0. The average Bonchev–Trinajstić information content (AvgIpc) is 3.10. The number of hydrogen-bond acceptors (Lipinski definition) is 4. The molecule has 27 heavy (non-hydrogen) atoms. The summed E-state index contributed by atoms with van der Waals surface area (Å²) in [6.45, 7) is 0. The maximum atomic E-state index is 13.4. The van der Waals surface area contributed by atoms with Gasteiger partial charge in [-0.2, -0.15) is 0 Å². The van der Waals surface area contributed by atoms with Gasteiger partial charge in [0.15, 0.2) is 5.65 Å². The van der Waals surface area contributed by atoms with E-state index < -0.39 is 10.0 Å². The summed E-state index contributed by atoms with van der Waals surface area (Å²) in [6, 6.07) is 18.1. The number of halogens is 1. The topological polar surface area (TPSA) is 69.0 Å². The molecule has 2 aromatic heterocycles. The lowest BCUT2D eigenvalue weighted by Gasteiger charge is -2.11. The SMILES string of the molecule is O=Cc1ccc(-c2cc3c(Cl)ccnc3n2S(=O)(=O)c2ccccc2)cc1. The smallest absolute Gasteiger partial charge is 0.269 e. The number of carbonyl (C=O) groups is 1. The van der Waals surface area contributed by atoms with Gasteiger partial charge in [-0.3, -0.25) is 4.79 Å². The molecule has 0 fully saturated rings. The monoisotopic (exact) mass is 396 g/mol. The Bertz CT molecular complexity index is 1250. The van der Waals surface area contributed by atoms with Crippen molar-refractivity contribution >= 4 is 38.9 Å². The van der Waals surface area contributed by atoms with E-state index in [0.717, 1.165) is 6.29 Å². The first-order chi connectivity index (χ1) is 13.0. The summed E-state index contributed by atoms with van der Waals surface area (Å²) in [5, 5.41) is 0.945. The molecular weight excluding hydrogens is 384 g/mol. The molecule has 0 radical (unpaired) electrons. The van der Waals surface area contributed by atoms with Gasteiger partial charge in [0, 0.05) is 17.1 Å². The molecule has 4 rings (SSSR count). The second-order valence-electron chi connectivity index (χ2n) is 5.88. The molecule has 134 valence electrons. The molecule has 0 bridgehead atoms.